The van der Waals surface area contributed by atoms with Gasteiger partial charge in [0, 0.05) is 45.1 Å². The van der Waals surface area contributed by atoms with Gasteiger partial charge < -0.3 is 0 Å². The van der Waals surface area contributed by atoms with Crippen LogP contribution in [0.2, 0.25) is 10.0 Å². The number of hydrazone groups is 1. The third-order valence-electron chi connectivity index (χ3n) is 6.56. The molecule has 1 N–H and O–H groups in total. The van der Waals surface area contributed by atoms with Crippen molar-refractivity contribution in [3.63, 3.8) is 0 Å². The van der Waals surface area contributed by atoms with Crippen LogP contribution in [0.25, 0.3) is 5.69 Å². The first kappa shape index (κ1) is 25.4. The van der Waals surface area contributed by atoms with E-state index in [-0.39, 0.29) is 17.2 Å². The fourth-order valence-corrected chi connectivity index (χ4v) is 5.01. The molecule has 0 saturated carbocycles. The van der Waals surface area contributed by atoms with Crippen molar-refractivity contribution in [1.82, 2.24) is 9.78 Å². The molecule has 3 aromatic carbocycles. The Kier molecular flexibility index (Phi) is 6.64. The molecule has 0 unspecified atom stereocenters. The topological polar surface area (TPSA) is 114 Å². The molecule has 0 aliphatic carbocycles. The normalized spacial score (nSPS) is 16.0. The number of nitrogens with zero attached hydrogens (tertiary/aromatic N) is 4. The van der Waals surface area contributed by atoms with Crippen LogP contribution < -0.4 is 10.6 Å². The van der Waals surface area contributed by atoms with Crippen LogP contribution in [0.1, 0.15) is 29.7 Å². The number of rotatable bonds is 6. The predicted octanol–water partition coefficient (Wildman–Crippen LogP) is 5.86. The first-order chi connectivity index (χ1) is 18.2. The van der Waals surface area contributed by atoms with Crippen LogP contribution in [0.15, 0.2) is 82.7 Å². The van der Waals surface area contributed by atoms with Gasteiger partial charge in [-0.1, -0.05) is 35.3 Å². The van der Waals surface area contributed by atoms with Gasteiger partial charge in [0.1, 0.15) is 0 Å². The Morgan fingerprint density at radius 2 is 1.45 bits per heavy atom. The lowest BCUT2D eigenvalue weighted by Gasteiger charge is -2.23. The zero-order valence-corrected chi connectivity index (χ0v) is 21.8. The highest BCUT2D eigenvalue weighted by molar-refractivity contribution is 6.31. The molecule has 0 spiro atoms. The van der Waals surface area contributed by atoms with E-state index in [1.165, 1.54) is 21.8 Å². The fourth-order valence-electron chi connectivity index (χ4n) is 4.76. The molecule has 0 bridgehead atoms. The second-order valence-electron chi connectivity index (χ2n) is 8.94. The van der Waals surface area contributed by atoms with Gasteiger partial charge in [-0.15, -0.1) is 0 Å². The first-order valence-corrected chi connectivity index (χ1v) is 12.4. The second-order valence-corrected chi connectivity index (χ2v) is 9.81. The highest BCUT2D eigenvalue weighted by atomic mass is 35.5. The van der Waals surface area contributed by atoms with Gasteiger partial charge in [-0.2, -0.15) is 5.10 Å². The number of nitrogens with one attached hydrogen (secondary N) is 1. The van der Waals surface area contributed by atoms with Crippen LogP contribution in [0.4, 0.5) is 11.4 Å². The molecule has 11 heteroatoms. The van der Waals surface area contributed by atoms with Crippen molar-refractivity contribution in [3.8, 4) is 5.69 Å². The molecular weight excluding hydrogens is 529 g/mol. The van der Waals surface area contributed by atoms with Crippen molar-refractivity contribution in [2.24, 2.45) is 11.0 Å². The third-order valence-corrected chi connectivity index (χ3v) is 7.07. The summed E-state index contributed by atoms with van der Waals surface area (Å²) in [6.45, 7) is 3.49. The Morgan fingerprint density at radius 1 is 0.895 bits per heavy atom. The Balaban J connectivity index is 1.65. The van der Waals surface area contributed by atoms with E-state index in [0.717, 1.165) is 0 Å². The summed E-state index contributed by atoms with van der Waals surface area (Å²) in [5.74, 6) is -1.92. The molecule has 1 aliphatic rings. The van der Waals surface area contributed by atoms with E-state index in [0.29, 0.717) is 44.0 Å². The number of carbonyl (C=O) groups excluding carboxylic acids is 1. The summed E-state index contributed by atoms with van der Waals surface area (Å²) in [7, 11) is 0. The summed E-state index contributed by atoms with van der Waals surface area (Å²) >= 11 is 12.0. The minimum Gasteiger partial charge on any atom is -0.295 e. The minimum absolute atomic E-state index is 0.0946. The summed E-state index contributed by atoms with van der Waals surface area (Å²) in [6, 6.07) is 19.4. The van der Waals surface area contributed by atoms with Gasteiger partial charge in [-0.3, -0.25) is 24.8 Å². The van der Waals surface area contributed by atoms with Crippen LogP contribution in [0, 0.1) is 23.0 Å². The highest BCUT2D eigenvalue weighted by Crippen LogP contribution is 2.39. The summed E-state index contributed by atoms with van der Waals surface area (Å²) in [5.41, 5.74) is 2.66. The smallest absolute Gasteiger partial charge is 0.275 e. The number of H-pyrrole nitrogens is 1. The number of benzene rings is 3. The van der Waals surface area contributed by atoms with E-state index in [2.05, 4.69) is 10.2 Å². The average molecular weight is 550 g/mol. The molecule has 2 atom stereocenters. The standard InChI is InChI=1S/C27H21Cl2N5O4/c1-15-23(26(35)32(30-15)20-11-5-18(28)6-12-20)25(17-3-9-22(10-4-17)34(37)38)24-16(2)31-33(27(24)36)21-13-7-19(29)8-14-21/h3-14,23,25,31H,1-2H3/t23-,25+/m1/s1. The van der Waals surface area contributed by atoms with Crippen LogP contribution in [-0.2, 0) is 4.79 Å². The van der Waals surface area contributed by atoms with E-state index in [9.17, 15) is 19.7 Å². The largest absolute Gasteiger partial charge is 0.295 e. The van der Waals surface area contributed by atoms with Gasteiger partial charge in [0.05, 0.1) is 22.2 Å². The van der Waals surface area contributed by atoms with E-state index < -0.39 is 16.8 Å². The number of carbonyl (C=O) groups is 1. The molecule has 1 aliphatic heterocycles. The van der Waals surface area contributed by atoms with Crippen LogP contribution in [-0.4, -0.2) is 26.3 Å². The van der Waals surface area contributed by atoms with Gasteiger partial charge in [0.15, 0.2) is 0 Å². The lowest BCUT2D eigenvalue weighted by atomic mass is 9.78. The molecule has 4 aromatic rings. The van der Waals surface area contributed by atoms with Crippen molar-refractivity contribution < 1.29 is 9.72 Å². The maximum atomic E-state index is 13.8. The molecule has 9 nitrogen and oxygen atoms in total. The molecule has 192 valence electrons. The van der Waals surface area contributed by atoms with Crippen molar-refractivity contribution in [2.75, 3.05) is 5.01 Å². The van der Waals surface area contributed by atoms with Gasteiger partial charge in [0.25, 0.3) is 17.2 Å². The van der Waals surface area contributed by atoms with E-state index in [4.69, 9.17) is 23.2 Å². The van der Waals surface area contributed by atoms with Crippen LogP contribution >= 0.6 is 23.2 Å². The number of aromatic nitrogens is 2. The van der Waals surface area contributed by atoms with Gasteiger partial charge in [0.2, 0.25) is 0 Å². The molecule has 38 heavy (non-hydrogen) atoms. The lowest BCUT2D eigenvalue weighted by Crippen LogP contribution is -2.34. The van der Waals surface area contributed by atoms with Gasteiger partial charge in [-0.25, -0.2) is 9.69 Å². The van der Waals surface area contributed by atoms with Gasteiger partial charge in [-0.05, 0) is 67.9 Å². The number of hydrogen-bond donors (Lipinski definition) is 1. The number of halogens is 2. The van der Waals surface area contributed by atoms with Crippen LogP contribution in [0.5, 0.6) is 0 Å². The Hall–Kier alpha value is -4.21. The molecule has 0 saturated heterocycles. The van der Waals surface area contributed by atoms with Crippen molar-refractivity contribution in [3.05, 3.63) is 120 Å². The summed E-state index contributed by atoms with van der Waals surface area (Å²) in [4.78, 5) is 38.5. The Morgan fingerprint density at radius 3 is 2.00 bits per heavy atom. The Labute approximate surface area is 227 Å². The molecule has 5 rings (SSSR count). The highest BCUT2D eigenvalue weighted by Gasteiger charge is 2.43. The quantitative estimate of drug-likeness (QED) is 0.239. The van der Waals surface area contributed by atoms with Crippen molar-refractivity contribution >= 4 is 46.2 Å². The molecule has 0 fully saturated rings. The number of aromatic amines is 1. The van der Waals surface area contributed by atoms with Crippen molar-refractivity contribution in [1.29, 1.82) is 0 Å². The van der Waals surface area contributed by atoms with Gasteiger partial charge >= 0.3 is 0 Å². The first-order valence-electron chi connectivity index (χ1n) is 11.6. The summed E-state index contributed by atoms with van der Waals surface area (Å²) in [6.07, 6.45) is 0. The number of aryl methyl sites for hydroxylation is 1. The molecule has 2 heterocycles. The number of nitro benzene ring substituents is 1. The van der Waals surface area contributed by atoms with E-state index in [1.807, 2.05) is 0 Å². The van der Waals surface area contributed by atoms with Crippen molar-refractivity contribution in [2.45, 2.75) is 19.8 Å². The fraction of sp³-hybridized carbons (Fsp3) is 0.148. The third kappa shape index (κ3) is 4.51. The zero-order chi connectivity index (χ0) is 27.1. The predicted molar refractivity (Wildman–Crippen MR) is 147 cm³/mol. The molecule has 0 radical (unpaired) electrons. The monoisotopic (exact) mass is 549 g/mol. The average Bonchev–Trinajstić information content (AvgIpc) is 3.36. The molecular formula is C27H21Cl2N5O4. The van der Waals surface area contributed by atoms with E-state index >= 15 is 0 Å². The maximum Gasteiger partial charge on any atom is 0.275 e. The number of hydrogen-bond acceptors (Lipinski definition) is 5. The lowest BCUT2D eigenvalue weighted by molar-refractivity contribution is -0.384. The maximum absolute atomic E-state index is 13.8. The minimum atomic E-state index is -0.826. The SMILES string of the molecule is CC1=NN(c2ccc(Cl)cc2)C(=O)[C@H]1[C@H](c1ccc([N+](=O)[O-])cc1)c1c(C)[nH]n(-c2ccc(Cl)cc2)c1=O. The molecule has 1 amide bonds. The number of amides is 1. The van der Waals surface area contributed by atoms with E-state index in [1.54, 1.807) is 74.5 Å². The number of non-ortho nitro benzene ring substituents is 1. The van der Waals surface area contributed by atoms with Crippen LogP contribution in [0.3, 0.4) is 0 Å². The zero-order valence-electron chi connectivity index (χ0n) is 20.3. The summed E-state index contributed by atoms with van der Waals surface area (Å²) < 4.78 is 1.39. The second kappa shape index (κ2) is 9.92. The number of anilines is 1. The Bertz CT molecular complexity index is 1620. The number of nitro groups is 1. The molecule has 1 aromatic heterocycles. The summed E-state index contributed by atoms with van der Waals surface area (Å²) in [5, 5.41) is 21.2.